The molecule has 5 heteroatoms. The van der Waals surface area contributed by atoms with Crippen molar-refractivity contribution in [2.24, 2.45) is 0 Å². The lowest BCUT2D eigenvalue weighted by Crippen LogP contribution is -2.31. The molecule has 0 fully saturated rings. The van der Waals surface area contributed by atoms with Gasteiger partial charge in [-0.2, -0.15) is 0 Å². The van der Waals surface area contributed by atoms with Crippen molar-refractivity contribution in [2.75, 3.05) is 0 Å². The Hall–Kier alpha value is -0.650. The molecule has 0 heterocycles. The molecule has 92 valence electrons. The van der Waals surface area contributed by atoms with Crippen LogP contribution in [0.4, 0.5) is 0 Å². The smallest absolute Gasteiger partial charge is 0.237 e. The van der Waals surface area contributed by atoms with E-state index in [1.807, 2.05) is 0 Å². The summed E-state index contributed by atoms with van der Waals surface area (Å²) >= 11 is 0. The highest BCUT2D eigenvalue weighted by molar-refractivity contribution is 7.93. The first-order valence-electron chi connectivity index (χ1n) is 5.28. The number of nitrogens with one attached hydrogen (secondary N) is 1. The molecule has 0 aromatic rings. The molecule has 0 spiro atoms. The van der Waals surface area contributed by atoms with Crippen molar-refractivity contribution in [1.82, 2.24) is 4.72 Å². The van der Waals surface area contributed by atoms with Crippen LogP contribution in [0.25, 0.3) is 0 Å². The van der Waals surface area contributed by atoms with Crippen LogP contribution in [0.5, 0.6) is 0 Å². The molecule has 0 saturated carbocycles. The minimum Gasteiger partial charge on any atom is -0.386 e. The van der Waals surface area contributed by atoms with E-state index in [9.17, 15) is 13.5 Å². The number of hydrogen-bond donors (Lipinski definition) is 2. The molecule has 1 rings (SSSR count). The van der Waals surface area contributed by atoms with E-state index in [0.29, 0.717) is 4.91 Å². The Balaban J connectivity index is 2.78. The minimum atomic E-state index is -3.40. The second-order valence-corrected chi connectivity index (χ2v) is 6.60. The zero-order chi connectivity index (χ0) is 12.6. The highest BCUT2D eigenvalue weighted by atomic mass is 32.2. The third kappa shape index (κ3) is 3.17. The predicted molar refractivity (Wildman–Crippen MR) is 64.3 cm³/mol. The number of aliphatic hydroxyl groups is 1. The monoisotopic (exact) mass is 245 g/mol. The molecule has 0 bridgehead atoms. The average Bonchev–Trinajstić information content (AvgIpc) is 2.47. The molecule has 0 aromatic heterocycles. The molecule has 16 heavy (non-hydrogen) atoms. The molecular formula is C11H19NO3S. The summed E-state index contributed by atoms with van der Waals surface area (Å²) in [5.74, 6) is 0. The average molecular weight is 245 g/mol. The third-order valence-electron chi connectivity index (χ3n) is 2.36. The number of hydrogen-bond acceptors (Lipinski definition) is 3. The van der Waals surface area contributed by atoms with Gasteiger partial charge in [0, 0.05) is 12.5 Å². The molecule has 1 aliphatic carbocycles. The second-order valence-electron chi connectivity index (χ2n) is 4.84. The van der Waals surface area contributed by atoms with Crippen molar-refractivity contribution in [1.29, 1.82) is 0 Å². The lowest BCUT2D eigenvalue weighted by Gasteiger charge is -2.20. The van der Waals surface area contributed by atoms with Crippen LogP contribution < -0.4 is 4.72 Å². The molecule has 1 aliphatic rings. The first-order chi connectivity index (χ1) is 7.13. The lowest BCUT2D eigenvalue weighted by atomic mass is 9.98. The van der Waals surface area contributed by atoms with Gasteiger partial charge in [-0.05, 0) is 39.3 Å². The number of rotatable bonds is 4. The van der Waals surface area contributed by atoms with E-state index in [-0.39, 0.29) is 12.5 Å². The second kappa shape index (κ2) is 4.31. The molecular weight excluding hydrogens is 226 g/mol. The fourth-order valence-corrected chi connectivity index (χ4v) is 2.85. The van der Waals surface area contributed by atoms with Gasteiger partial charge >= 0.3 is 0 Å². The maximum Gasteiger partial charge on any atom is 0.237 e. The SMILES string of the molecule is CC(C)NS(=O)(=O)C1=CC=C(C(C)(C)O)C1. The van der Waals surface area contributed by atoms with Gasteiger partial charge < -0.3 is 5.11 Å². The molecule has 0 saturated heterocycles. The van der Waals surface area contributed by atoms with E-state index in [0.717, 1.165) is 5.57 Å². The van der Waals surface area contributed by atoms with Crippen molar-refractivity contribution >= 4 is 10.0 Å². The number of allylic oxidation sites excluding steroid dienone is 3. The van der Waals surface area contributed by atoms with Crippen molar-refractivity contribution in [3.05, 3.63) is 22.6 Å². The Morgan fingerprint density at radius 1 is 1.38 bits per heavy atom. The summed E-state index contributed by atoms with van der Waals surface area (Å²) in [7, 11) is -3.40. The molecule has 0 atom stereocenters. The Labute approximate surface area is 97.1 Å². The fraction of sp³-hybridized carbons (Fsp3) is 0.636. The van der Waals surface area contributed by atoms with Crippen LogP contribution in [0.15, 0.2) is 22.6 Å². The summed E-state index contributed by atoms with van der Waals surface area (Å²) in [6.07, 6.45) is 3.51. The summed E-state index contributed by atoms with van der Waals surface area (Å²) in [4.78, 5) is 0.318. The fourth-order valence-electron chi connectivity index (χ4n) is 1.49. The predicted octanol–water partition coefficient (Wildman–Crippen LogP) is 1.30. The van der Waals surface area contributed by atoms with Gasteiger partial charge in [0.15, 0.2) is 0 Å². The van der Waals surface area contributed by atoms with E-state index < -0.39 is 15.6 Å². The van der Waals surface area contributed by atoms with Crippen molar-refractivity contribution in [2.45, 2.75) is 45.8 Å². The summed E-state index contributed by atoms with van der Waals surface area (Å²) in [5.41, 5.74) is -0.248. The van der Waals surface area contributed by atoms with Crippen LogP contribution in [0, 0.1) is 0 Å². The van der Waals surface area contributed by atoms with Crippen LogP contribution in [-0.4, -0.2) is 25.2 Å². The van der Waals surface area contributed by atoms with Crippen LogP contribution in [-0.2, 0) is 10.0 Å². The van der Waals surface area contributed by atoms with Gasteiger partial charge in [-0.25, -0.2) is 13.1 Å². The molecule has 0 aromatic carbocycles. The van der Waals surface area contributed by atoms with Crippen LogP contribution >= 0.6 is 0 Å². The molecule has 4 nitrogen and oxygen atoms in total. The van der Waals surface area contributed by atoms with Gasteiger partial charge in [-0.15, -0.1) is 0 Å². The van der Waals surface area contributed by atoms with E-state index >= 15 is 0 Å². The van der Waals surface area contributed by atoms with E-state index in [1.54, 1.807) is 39.8 Å². The van der Waals surface area contributed by atoms with Crippen LogP contribution in [0.3, 0.4) is 0 Å². The lowest BCUT2D eigenvalue weighted by molar-refractivity contribution is 0.118. The maximum atomic E-state index is 11.8. The van der Waals surface area contributed by atoms with Gasteiger partial charge in [0.1, 0.15) is 0 Å². The van der Waals surface area contributed by atoms with Gasteiger partial charge in [-0.3, -0.25) is 0 Å². The molecule has 0 aliphatic heterocycles. The Morgan fingerprint density at radius 3 is 2.31 bits per heavy atom. The third-order valence-corrected chi connectivity index (χ3v) is 4.11. The summed E-state index contributed by atoms with van der Waals surface area (Å²) in [6.45, 7) is 6.85. The van der Waals surface area contributed by atoms with Gasteiger partial charge in [0.25, 0.3) is 0 Å². The number of sulfonamides is 1. The molecule has 2 N–H and O–H groups in total. The van der Waals surface area contributed by atoms with Gasteiger partial charge in [0.2, 0.25) is 10.0 Å². The zero-order valence-corrected chi connectivity index (χ0v) is 10.9. The summed E-state index contributed by atoms with van der Waals surface area (Å²) in [5, 5.41) is 9.77. The highest BCUT2D eigenvalue weighted by Gasteiger charge is 2.28. The quantitative estimate of drug-likeness (QED) is 0.784. The summed E-state index contributed by atoms with van der Waals surface area (Å²) < 4.78 is 26.2. The van der Waals surface area contributed by atoms with Gasteiger partial charge in [-0.1, -0.05) is 6.08 Å². The molecule has 0 amide bonds. The van der Waals surface area contributed by atoms with Crippen LogP contribution in [0.2, 0.25) is 0 Å². The van der Waals surface area contributed by atoms with E-state index in [2.05, 4.69) is 4.72 Å². The molecule has 0 radical (unpaired) electrons. The topological polar surface area (TPSA) is 66.4 Å². The molecule has 0 unspecified atom stereocenters. The Kier molecular flexibility index (Phi) is 3.62. The van der Waals surface area contributed by atoms with Crippen molar-refractivity contribution in [3.8, 4) is 0 Å². The first-order valence-corrected chi connectivity index (χ1v) is 6.76. The Bertz CT molecular complexity index is 425. The van der Waals surface area contributed by atoms with Crippen molar-refractivity contribution < 1.29 is 13.5 Å². The van der Waals surface area contributed by atoms with E-state index in [4.69, 9.17) is 0 Å². The van der Waals surface area contributed by atoms with Gasteiger partial charge in [0.05, 0.1) is 10.5 Å². The Morgan fingerprint density at radius 2 is 1.94 bits per heavy atom. The standard InChI is InChI=1S/C11H19NO3S/c1-8(2)12-16(14,15)10-6-5-9(7-10)11(3,4)13/h5-6,8,12-13H,7H2,1-4H3. The largest absolute Gasteiger partial charge is 0.386 e. The first kappa shape index (κ1) is 13.4. The highest BCUT2D eigenvalue weighted by Crippen LogP contribution is 2.30. The van der Waals surface area contributed by atoms with E-state index in [1.165, 1.54) is 0 Å². The zero-order valence-electron chi connectivity index (χ0n) is 10.1. The van der Waals surface area contributed by atoms with Crippen molar-refractivity contribution in [3.63, 3.8) is 0 Å². The maximum absolute atomic E-state index is 11.8. The minimum absolute atomic E-state index is 0.128. The summed E-state index contributed by atoms with van der Waals surface area (Å²) in [6, 6.07) is -0.128. The van der Waals surface area contributed by atoms with Crippen LogP contribution in [0.1, 0.15) is 34.1 Å². The normalized spacial score (nSPS) is 17.6.